The molecule has 1 N–H and O–H groups in total. The van der Waals surface area contributed by atoms with Gasteiger partial charge in [0.05, 0.1) is 0 Å². The second kappa shape index (κ2) is 7.52. The maximum atomic E-state index is 11.8. The number of likely N-dealkylation sites (tertiary alicyclic amines) is 1. The van der Waals surface area contributed by atoms with E-state index in [0.717, 1.165) is 48.6 Å². The molecule has 26 heavy (non-hydrogen) atoms. The minimum Gasteiger partial charge on any atom is -0.490 e. The largest absolute Gasteiger partial charge is 0.490 e. The van der Waals surface area contributed by atoms with E-state index < -0.39 is 0 Å². The van der Waals surface area contributed by atoms with Crippen LogP contribution in [0.25, 0.3) is 10.8 Å². The van der Waals surface area contributed by atoms with Crippen molar-refractivity contribution in [3.8, 4) is 5.75 Å². The third-order valence-electron chi connectivity index (χ3n) is 4.90. The van der Waals surface area contributed by atoms with Crippen LogP contribution in [0.1, 0.15) is 18.4 Å². The summed E-state index contributed by atoms with van der Waals surface area (Å²) in [5, 5.41) is 2.38. The lowest BCUT2D eigenvalue weighted by atomic mass is 10.1. The Morgan fingerprint density at radius 3 is 2.62 bits per heavy atom. The summed E-state index contributed by atoms with van der Waals surface area (Å²) < 4.78 is 6.16. The summed E-state index contributed by atoms with van der Waals surface area (Å²) in [5.41, 5.74) is 1.22. The van der Waals surface area contributed by atoms with Crippen LogP contribution in [-0.2, 0) is 6.54 Å². The summed E-state index contributed by atoms with van der Waals surface area (Å²) >= 11 is 5.95. The number of ether oxygens (including phenoxy) is 1. The molecule has 5 heteroatoms. The molecule has 1 fully saturated rings. The molecule has 0 aliphatic carbocycles. The summed E-state index contributed by atoms with van der Waals surface area (Å²) in [4.78, 5) is 16.9. The highest BCUT2D eigenvalue weighted by Crippen LogP contribution is 2.23. The van der Waals surface area contributed by atoms with Crippen molar-refractivity contribution < 1.29 is 4.74 Å². The molecule has 2 aromatic carbocycles. The third kappa shape index (κ3) is 3.92. The Hall–Kier alpha value is -2.30. The van der Waals surface area contributed by atoms with E-state index in [1.165, 1.54) is 5.56 Å². The average Bonchev–Trinajstić information content (AvgIpc) is 2.65. The second-order valence-electron chi connectivity index (χ2n) is 6.78. The van der Waals surface area contributed by atoms with Crippen LogP contribution in [0, 0.1) is 0 Å². The molecule has 0 spiro atoms. The predicted molar refractivity (Wildman–Crippen MR) is 105 cm³/mol. The average molecular weight is 369 g/mol. The van der Waals surface area contributed by atoms with Gasteiger partial charge in [-0.1, -0.05) is 23.7 Å². The molecule has 0 unspecified atom stereocenters. The zero-order valence-electron chi connectivity index (χ0n) is 14.5. The molecule has 0 bridgehead atoms. The molecule has 1 aliphatic rings. The Balaban J connectivity index is 1.35. The molecule has 4 rings (SSSR count). The van der Waals surface area contributed by atoms with Gasteiger partial charge in [-0.15, -0.1) is 0 Å². The lowest BCUT2D eigenvalue weighted by molar-refractivity contribution is 0.0969. The Kier molecular flexibility index (Phi) is 4.96. The maximum Gasteiger partial charge on any atom is 0.255 e. The van der Waals surface area contributed by atoms with Crippen molar-refractivity contribution in [2.24, 2.45) is 0 Å². The van der Waals surface area contributed by atoms with Crippen molar-refractivity contribution in [3.63, 3.8) is 0 Å². The normalized spacial score (nSPS) is 16.0. The van der Waals surface area contributed by atoms with Crippen LogP contribution in [0.15, 0.2) is 59.5 Å². The topological polar surface area (TPSA) is 45.3 Å². The highest BCUT2D eigenvalue weighted by molar-refractivity contribution is 6.30. The number of aromatic amines is 1. The van der Waals surface area contributed by atoms with Gasteiger partial charge in [0.15, 0.2) is 0 Å². The summed E-state index contributed by atoms with van der Waals surface area (Å²) in [6, 6.07) is 15.6. The Morgan fingerprint density at radius 2 is 1.85 bits per heavy atom. The lowest BCUT2D eigenvalue weighted by Gasteiger charge is -2.32. The van der Waals surface area contributed by atoms with E-state index >= 15 is 0 Å². The molecule has 2 heterocycles. The van der Waals surface area contributed by atoms with Crippen molar-refractivity contribution in [1.29, 1.82) is 0 Å². The van der Waals surface area contributed by atoms with Crippen LogP contribution in [0.3, 0.4) is 0 Å². The van der Waals surface area contributed by atoms with Crippen molar-refractivity contribution in [2.75, 3.05) is 13.1 Å². The highest BCUT2D eigenvalue weighted by atomic mass is 35.5. The zero-order chi connectivity index (χ0) is 17.9. The van der Waals surface area contributed by atoms with Crippen molar-refractivity contribution in [1.82, 2.24) is 9.88 Å². The molecule has 1 saturated heterocycles. The molecule has 134 valence electrons. The molecular weight excluding hydrogens is 348 g/mol. The Morgan fingerprint density at radius 1 is 1.08 bits per heavy atom. The van der Waals surface area contributed by atoms with Gasteiger partial charge in [0.25, 0.3) is 5.56 Å². The molecule has 0 amide bonds. The number of hydrogen-bond donors (Lipinski definition) is 1. The first-order chi connectivity index (χ1) is 12.7. The standard InChI is InChI=1S/C21H21ClN2O2/c22-17-3-1-15(2-4-17)14-24-11-8-18(9-12-24)26-19-5-6-20-16(13-19)7-10-23-21(20)25/h1-7,10,13,18H,8-9,11-12,14H2,(H,23,25). The van der Waals surface area contributed by atoms with Crippen LogP contribution < -0.4 is 10.3 Å². The molecule has 0 saturated carbocycles. The maximum absolute atomic E-state index is 11.8. The van der Waals surface area contributed by atoms with E-state index in [1.54, 1.807) is 6.20 Å². The van der Waals surface area contributed by atoms with Crippen molar-refractivity contribution in [2.45, 2.75) is 25.5 Å². The van der Waals surface area contributed by atoms with E-state index in [1.807, 2.05) is 36.4 Å². The van der Waals surface area contributed by atoms with E-state index in [0.29, 0.717) is 5.39 Å². The number of pyridine rings is 1. The predicted octanol–water partition coefficient (Wildman–Crippen LogP) is 4.22. The fourth-order valence-electron chi connectivity index (χ4n) is 3.47. The molecule has 4 nitrogen and oxygen atoms in total. The summed E-state index contributed by atoms with van der Waals surface area (Å²) in [6.45, 7) is 2.98. The number of nitrogens with one attached hydrogen (secondary N) is 1. The summed E-state index contributed by atoms with van der Waals surface area (Å²) in [5.74, 6) is 0.833. The van der Waals surface area contributed by atoms with E-state index in [2.05, 4.69) is 22.0 Å². The highest BCUT2D eigenvalue weighted by Gasteiger charge is 2.20. The summed E-state index contributed by atoms with van der Waals surface area (Å²) in [6.07, 6.45) is 3.89. The number of benzene rings is 2. The lowest BCUT2D eigenvalue weighted by Crippen LogP contribution is -2.37. The SMILES string of the molecule is O=c1[nH]ccc2cc(OC3CCN(Cc4ccc(Cl)cc4)CC3)ccc12. The first-order valence-corrected chi connectivity index (χ1v) is 9.30. The minimum atomic E-state index is -0.0652. The van der Waals surface area contributed by atoms with E-state index in [-0.39, 0.29) is 11.7 Å². The summed E-state index contributed by atoms with van der Waals surface area (Å²) in [7, 11) is 0. The van der Waals surface area contributed by atoms with Crippen molar-refractivity contribution >= 4 is 22.4 Å². The number of piperidine rings is 1. The van der Waals surface area contributed by atoms with Crippen LogP contribution in [0.2, 0.25) is 5.02 Å². The Bertz CT molecular complexity index is 944. The fourth-order valence-corrected chi connectivity index (χ4v) is 3.60. The molecule has 0 radical (unpaired) electrons. The van der Waals surface area contributed by atoms with Crippen LogP contribution in [-0.4, -0.2) is 29.1 Å². The van der Waals surface area contributed by atoms with Gasteiger partial charge >= 0.3 is 0 Å². The van der Waals surface area contributed by atoms with Crippen LogP contribution >= 0.6 is 11.6 Å². The third-order valence-corrected chi connectivity index (χ3v) is 5.15. The molecular formula is C21H21ClN2O2. The van der Waals surface area contributed by atoms with Crippen LogP contribution in [0.4, 0.5) is 0 Å². The van der Waals surface area contributed by atoms with Gasteiger partial charge < -0.3 is 9.72 Å². The van der Waals surface area contributed by atoms with Gasteiger partial charge in [0.1, 0.15) is 11.9 Å². The van der Waals surface area contributed by atoms with Gasteiger partial charge in [-0.3, -0.25) is 9.69 Å². The van der Waals surface area contributed by atoms with Crippen molar-refractivity contribution in [3.05, 3.63) is 75.7 Å². The number of H-pyrrole nitrogens is 1. The van der Waals surface area contributed by atoms with E-state index in [4.69, 9.17) is 16.3 Å². The zero-order valence-corrected chi connectivity index (χ0v) is 15.2. The minimum absolute atomic E-state index is 0.0652. The quantitative estimate of drug-likeness (QED) is 0.749. The first kappa shape index (κ1) is 17.1. The smallest absolute Gasteiger partial charge is 0.255 e. The molecule has 1 aromatic heterocycles. The molecule has 3 aromatic rings. The number of hydrogen-bond acceptors (Lipinski definition) is 3. The van der Waals surface area contributed by atoms with Gasteiger partial charge in [0, 0.05) is 36.2 Å². The monoisotopic (exact) mass is 368 g/mol. The van der Waals surface area contributed by atoms with Gasteiger partial charge in [-0.25, -0.2) is 0 Å². The van der Waals surface area contributed by atoms with E-state index in [9.17, 15) is 4.79 Å². The van der Waals surface area contributed by atoms with Gasteiger partial charge in [0.2, 0.25) is 0 Å². The van der Waals surface area contributed by atoms with Gasteiger partial charge in [-0.05, 0) is 60.2 Å². The molecule has 1 aliphatic heterocycles. The van der Waals surface area contributed by atoms with Crippen LogP contribution in [0.5, 0.6) is 5.75 Å². The second-order valence-corrected chi connectivity index (χ2v) is 7.21. The fraction of sp³-hybridized carbons (Fsp3) is 0.286. The number of halogens is 1. The number of fused-ring (bicyclic) bond motifs is 1. The number of aromatic nitrogens is 1. The number of nitrogens with zero attached hydrogens (tertiary/aromatic N) is 1. The Labute approximate surface area is 157 Å². The van der Waals surface area contributed by atoms with Gasteiger partial charge in [-0.2, -0.15) is 0 Å². The number of rotatable bonds is 4. The first-order valence-electron chi connectivity index (χ1n) is 8.92. The molecule has 0 atom stereocenters.